The van der Waals surface area contributed by atoms with Gasteiger partial charge in [-0.1, -0.05) is 12.1 Å². The van der Waals surface area contributed by atoms with Gasteiger partial charge in [-0.15, -0.1) is 0 Å². The topological polar surface area (TPSA) is 75.6 Å². The number of nitrogens with one attached hydrogen (secondary N) is 1. The minimum Gasteiger partial charge on any atom is -0.389 e. The first-order valence-corrected chi connectivity index (χ1v) is 7.70. The van der Waals surface area contributed by atoms with Crippen molar-refractivity contribution in [1.82, 2.24) is 4.72 Å². The fourth-order valence-corrected chi connectivity index (χ4v) is 3.55. The number of sulfonamides is 1. The highest BCUT2D eigenvalue weighted by molar-refractivity contribution is 7.89. The first kappa shape index (κ1) is 14.5. The van der Waals surface area contributed by atoms with E-state index in [-0.39, 0.29) is 4.90 Å². The van der Waals surface area contributed by atoms with Crippen molar-refractivity contribution in [1.29, 1.82) is 0 Å². The molecule has 1 aliphatic heterocycles. The fourth-order valence-electron chi connectivity index (χ4n) is 2.07. The lowest BCUT2D eigenvalue weighted by atomic mass is 10.0. The second-order valence-electron chi connectivity index (χ2n) is 5.22. The zero-order chi connectivity index (χ0) is 14.1. The molecule has 1 saturated heterocycles. The van der Waals surface area contributed by atoms with Gasteiger partial charge in [0.25, 0.3) is 0 Å². The van der Waals surface area contributed by atoms with E-state index in [1.54, 1.807) is 19.1 Å². The smallest absolute Gasteiger partial charge is 0.241 e. The molecule has 1 fully saturated rings. The molecule has 106 valence electrons. The molecule has 5 nitrogen and oxygen atoms in total. The van der Waals surface area contributed by atoms with Crippen LogP contribution in [0.25, 0.3) is 0 Å². The molecule has 0 bridgehead atoms. The Bertz CT molecular complexity index is 548. The van der Waals surface area contributed by atoms with Crippen LogP contribution in [-0.2, 0) is 14.8 Å². The lowest BCUT2D eigenvalue weighted by molar-refractivity contribution is 0.178. The molecule has 2 N–H and O–H groups in total. The van der Waals surface area contributed by atoms with E-state index in [9.17, 15) is 13.5 Å². The molecule has 19 heavy (non-hydrogen) atoms. The zero-order valence-electron chi connectivity index (χ0n) is 11.1. The summed E-state index contributed by atoms with van der Waals surface area (Å²) < 4.78 is 32.6. The van der Waals surface area contributed by atoms with E-state index in [0.717, 1.165) is 0 Å². The van der Waals surface area contributed by atoms with Crippen LogP contribution in [0.2, 0.25) is 0 Å². The Morgan fingerprint density at radius 1 is 1.47 bits per heavy atom. The number of hydrogen-bond donors (Lipinski definition) is 2. The second kappa shape index (κ2) is 5.20. The summed E-state index contributed by atoms with van der Waals surface area (Å²) >= 11 is 0. The maximum Gasteiger partial charge on any atom is 0.241 e. The van der Waals surface area contributed by atoms with Crippen LogP contribution in [0.4, 0.5) is 0 Å². The summed E-state index contributed by atoms with van der Waals surface area (Å²) in [5, 5.41) is 9.51. The summed E-state index contributed by atoms with van der Waals surface area (Å²) in [6, 6.07) is 6.34. The molecule has 2 atom stereocenters. The molecule has 0 aromatic heterocycles. The number of rotatable bonds is 4. The first-order chi connectivity index (χ1) is 8.82. The Balaban J connectivity index is 2.26. The minimum absolute atomic E-state index is 0.166. The van der Waals surface area contributed by atoms with Crippen molar-refractivity contribution >= 4 is 10.0 Å². The molecule has 2 unspecified atom stereocenters. The van der Waals surface area contributed by atoms with Crippen LogP contribution in [0.15, 0.2) is 29.2 Å². The van der Waals surface area contributed by atoms with E-state index in [2.05, 4.69) is 4.72 Å². The van der Waals surface area contributed by atoms with Crippen molar-refractivity contribution in [2.24, 2.45) is 0 Å². The summed E-state index contributed by atoms with van der Waals surface area (Å²) in [6.45, 7) is 4.37. The Morgan fingerprint density at radius 3 is 2.79 bits per heavy atom. The van der Waals surface area contributed by atoms with Gasteiger partial charge in [0.05, 0.1) is 23.1 Å². The third kappa shape index (κ3) is 3.33. The average Bonchev–Trinajstić information content (AvgIpc) is 2.75. The SMILES string of the molecule is CC(O)c1cccc(S(=O)(=O)NC2(C)CCOC2)c1. The number of ether oxygens (including phenoxy) is 1. The van der Waals surface area contributed by atoms with E-state index in [1.807, 2.05) is 6.92 Å². The van der Waals surface area contributed by atoms with E-state index >= 15 is 0 Å². The second-order valence-corrected chi connectivity index (χ2v) is 6.90. The molecule has 1 aromatic carbocycles. The predicted octanol–water partition coefficient (Wildman–Crippen LogP) is 1.20. The van der Waals surface area contributed by atoms with Gasteiger partial charge in [-0.25, -0.2) is 13.1 Å². The maximum atomic E-state index is 12.3. The van der Waals surface area contributed by atoms with E-state index in [4.69, 9.17) is 4.74 Å². The van der Waals surface area contributed by atoms with Gasteiger partial charge in [0.1, 0.15) is 0 Å². The quantitative estimate of drug-likeness (QED) is 0.871. The van der Waals surface area contributed by atoms with Crippen molar-refractivity contribution in [2.75, 3.05) is 13.2 Å². The van der Waals surface area contributed by atoms with Crippen molar-refractivity contribution in [3.05, 3.63) is 29.8 Å². The van der Waals surface area contributed by atoms with Crippen LogP contribution in [0, 0.1) is 0 Å². The lowest BCUT2D eigenvalue weighted by Crippen LogP contribution is -2.46. The van der Waals surface area contributed by atoms with Crippen LogP contribution in [-0.4, -0.2) is 32.3 Å². The fraction of sp³-hybridized carbons (Fsp3) is 0.538. The van der Waals surface area contributed by atoms with Crippen LogP contribution >= 0.6 is 0 Å². The molecule has 1 aliphatic rings. The summed E-state index contributed by atoms with van der Waals surface area (Å²) in [7, 11) is -3.60. The maximum absolute atomic E-state index is 12.3. The molecule has 0 amide bonds. The monoisotopic (exact) mass is 285 g/mol. The molecule has 0 saturated carbocycles. The van der Waals surface area contributed by atoms with Gasteiger partial charge in [0, 0.05) is 6.61 Å². The highest BCUT2D eigenvalue weighted by Crippen LogP contribution is 2.23. The van der Waals surface area contributed by atoms with Gasteiger partial charge < -0.3 is 9.84 Å². The third-order valence-electron chi connectivity index (χ3n) is 3.25. The van der Waals surface area contributed by atoms with Gasteiger partial charge >= 0.3 is 0 Å². The van der Waals surface area contributed by atoms with Gasteiger partial charge in [0.2, 0.25) is 10.0 Å². The summed E-state index contributed by atoms with van der Waals surface area (Å²) in [5.74, 6) is 0. The molecule has 0 radical (unpaired) electrons. The van der Waals surface area contributed by atoms with Crippen LogP contribution in [0.1, 0.15) is 31.9 Å². The van der Waals surface area contributed by atoms with Crippen molar-refractivity contribution in [3.63, 3.8) is 0 Å². The molecule has 0 aliphatic carbocycles. The van der Waals surface area contributed by atoms with E-state index < -0.39 is 21.7 Å². The Hall–Kier alpha value is -0.950. The number of benzene rings is 1. The predicted molar refractivity (Wildman–Crippen MR) is 71.2 cm³/mol. The average molecular weight is 285 g/mol. The summed E-state index contributed by atoms with van der Waals surface area (Å²) in [5.41, 5.74) is 0.0235. The van der Waals surface area contributed by atoms with Crippen LogP contribution in [0.5, 0.6) is 0 Å². The largest absolute Gasteiger partial charge is 0.389 e. The van der Waals surface area contributed by atoms with Crippen molar-refractivity contribution in [3.8, 4) is 0 Å². The third-order valence-corrected chi connectivity index (χ3v) is 4.89. The molecule has 2 rings (SSSR count). The first-order valence-electron chi connectivity index (χ1n) is 6.22. The molecule has 6 heteroatoms. The van der Waals surface area contributed by atoms with Gasteiger partial charge in [0.15, 0.2) is 0 Å². The molecular weight excluding hydrogens is 266 g/mol. The van der Waals surface area contributed by atoms with Gasteiger partial charge in [-0.05, 0) is 38.0 Å². The Morgan fingerprint density at radius 2 is 2.21 bits per heavy atom. The van der Waals surface area contributed by atoms with Gasteiger partial charge in [-0.2, -0.15) is 0 Å². The molecule has 1 aromatic rings. The molecule has 0 spiro atoms. The van der Waals surface area contributed by atoms with Crippen molar-refractivity contribution in [2.45, 2.75) is 36.8 Å². The van der Waals surface area contributed by atoms with Crippen molar-refractivity contribution < 1.29 is 18.3 Å². The lowest BCUT2D eigenvalue weighted by Gasteiger charge is -2.23. The van der Waals surface area contributed by atoms with Gasteiger partial charge in [-0.3, -0.25) is 0 Å². The van der Waals surface area contributed by atoms with E-state index in [1.165, 1.54) is 12.1 Å². The van der Waals surface area contributed by atoms with Crippen LogP contribution < -0.4 is 4.72 Å². The van der Waals surface area contributed by atoms with Crippen LogP contribution in [0.3, 0.4) is 0 Å². The highest BCUT2D eigenvalue weighted by Gasteiger charge is 2.34. The normalized spacial score (nSPS) is 25.4. The number of hydrogen-bond acceptors (Lipinski definition) is 4. The molecule has 1 heterocycles. The molecular formula is C13H19NO4S. The minimum atomic E-state index is -3.60. The number of aliphatic hydroxyl groups is 1. The Labute approximate surface area is 113 Å². The summed E-state index contributed by atoms with van der Waals surface area (Å²) in [4.78, 5) is 0.166. The standard InChI is InChI=1S/C13H19NO4S/c1-10(15)11-4-3-5-12(8-11)19(16,17)14-13(2)6-7-18-9-13/h3-5,8,10,14-15H,6-7,9H2,1-2H3. The Kier molecular flexibility index (Phi) is 3.96. The number of aliphatic hydroxyl groups excluding tert-OH is 1. The zero-order valence-corrected chi connectivity index (χ0v) is 11.9. The highest BCUT2D eigenvalue weighted by atomic mass is 32.2. The summed E-state index contributed by atoms with van der Waals surface area (Å²) in [6.07, 6.45) is -0.0389. The van der Waals surface area contributed by atoms with E-state index in [0.29, 0.717) is 25.2 Å².